The lowest BCUT2D eigenvalue weighted by molar-refractivity contribution is 0.0955. The maximum atomic E-state index is 12.5. The van der Waals surface area contributed by atoms with Gasteiger partial charge in [-0.05, 0) is 97.8 Å². The monoisotopic (exact) mass is 477 g/mol. The van der Waals surface area contributed by atoms with Gasteiger partial charge in [0.15, 0.2) is 0 Å². The zero-order valence-electron chi connectivity index (χ0n) is 20.5. The number of aryl methyl sites for hydroxylation is 3. The number of sulfonamides is 1. The molecule has 6 nitrogen and oxygen atoms in total. The second kappa shape index (κ2) is 10.2. The van der Waals surface area contributed by atoms with E-state index in [1.807, 2.05) is 45.0 Å². The van der Waals surface area contributed by atoms with Crippen LogP contribution in [0.25, 0.3) is 0 Å². The standard InChI is InChI=1S/C27H31N3O3S/c1-18-8-14-26(15-20(18)3)30(34(6,32)33)17-23-9-12-24(13-10-23)27(31)29-28-16-25-11-7-19(2)21(4)22(25)5/h7-16H,17H2,1-6H3,(H,29,31)/b28-16-. The van der Waals surface area contributed by atoms with E-state index in [4.69, 9.17) is 0 Å². The number of carbonyl (C=O) groups is 1. The van der Waals surface area contributed by atoms with E-state index in [2.05, 4.69) is 24.4 Å². The van der Waals surface area contributed by atoms with Crippen LogP contribution in [0.1, 0.15) is 49.3 Å². The number of rotatable bonds is 7. The molecule has 0 aliphatic rings. The highest BCUT2D eigenvalue weighted by molar-refractivity contribution is 7.92. The molecule has 1 amide bonds. The van der Waals surface area contributed by atoms with Crippen molar-refractivity contribution in [2.75, 3.05) is 10.6 Å². The summed E-state index contributed by atoms with van der Waals surface area (Å²) in [6.45, 7) is 10.3. The molecule has 0 aromatic heterocycles. The Morgan fingerprint density at radius 3 is 2.15 bits per heavy atom. The Kier molecular flexibility index (Phi) is 7.57. The molecule has 0 radical (unpaired) electrons. The fourth-order valence-corrected chi connectivity index (χ4v) is 4.43. The lowest BCUT2D eigenvalue weighted by atomic mass is 10.00. The van der Waals surface area contributed by atoms with Crippen molar-refractivity contribution in [2.24, 2.45) is 5.10 Å². The van der Waals surface area contributed by atoms with E-state index in [1.54, 1.807) is 36.5 Å². The Labute approximate surface area is 202 Å². The largest absolute Gasteiger partial charge is 0.271 e. The highest BCUT2D eigenvalue weighted by Gasteiger charge is 2.18. The maximum absolute atomic E-state index is 12.5. The summed E-state index contributed by atoms with van der Waals surface area (Å²) in [4.78, 5) is 12.5. The topological polar surface area (TPSA) is 78.8 Å². The highest BCUT2D eigenvalue weighted by Crippen LogP contribution is 2.23. The van der Waals surface area contributed by atoms with E-state index < -0.39 is 10.0 Å². The van der Waals surface area contributed by atoms with Crippen LogP contribution in [0.5, 0.6) is 0 Å². The molecular formula is C27H31N3O3S. The summed E-state index contributed by atoms with van der Waals surface area (Å²) in [5.74, 6) is -0.335. The van der Waals surface area contributed by atoms with Crippen LogP contribution in [0, 0.1) is 34.6 Å². The number of nitrogens with zero attached hydrogens (tertiary/aromatic N) is 2. The molecule has 3 aromatic rings. The number of benzene rings is 3. The predicted octanol–water partition coefficient (Wildman–Crippen LogP) is 4.96. The van der Waals surface area contributed by atoms with Crippen LogP contribution >= 0.6 is 0 Å². The number of anilines is 1. The molecule has 0 spiro atoms. The molecule has 3 aromatic carbocycles. The van der Waals surface area contributed by atoms with Crippen LogP contribution in [0.2, 0.25) is 0 Å². The van der Waals surface area contributed by atoms with Gasteiger partial charge in [-0.25, -0.2) is 13.8 Å². The second-order valence-electron chi connectivity index (χ2n) is 8.66. The first-order chi connectivity index (χ1) is 16.0. The first kappa shape index (κ1) is 25.2. The van der Waals surface area contributed by atoms with Crippen molar-refractivity contribution in [2.45, 2.75) is 41.2 Å². The third-order valence-electron chi connectivity index (χ3n) is 6.19. The van der Waals surface area contributed by atoms with Crippen molar-refractivity contribution in [3.05, 3.63) is 99.1 Å². The van der Waals surface area contributed by atoms with Gasteiger partial charge >= 0.3 is 0 Å². The van der Waals surface area contributed by atoms with Crippen molar-refractivity contribution in [3.63, 3.8) is 0 Å². The molecule has 178 valence electrons. The fraction of sp³-hybridized carbons (Fsp3) is 0.259. The molecule has 0 bridgehead atoms. The smallest absolute Gasteiger partial charge is 0.267 e. The molecule has 0 fully saturated rings. The van der Waals surface area contributed by atoms with Crippen molar-refractivity contribution >= 4 is 27.8 Å². The van der Waals surface area contributed by atoms with Gasteiger partial charge in [0.1, 0.15) is 0 Å². The van der Waals surface area contributed by atoms with Gasteiger partial charge in [-0.15, -0.1) is 0 Å². The summed E-state index contributed by atoms with van der Waals surface area (Å²) < 4.78 is 26.3. The normalized spacial score (nSPS) is 11.6. The van der Waals surface area contributed by atoms with Crippen LogP contribution in [0.4, 0.5) is 5.69 Å². The van der Waals surface area contributed by atoms with E-state index in [0.29, 0.717) is 11.3 Å². The first-order valence-electron chi connectivity index (χ1n) is 11.0. The molecule has 0 aliphatic carbocycles. The second-order valence-corrected chi connectivity index (χ2v) is 10.6. The number of nitrogens with one attached hydrogen (secondary N) is 1. The summed E-state index contributed by atoms with van der Waals surface area (Å²) in [5.41, 5.74) is 11.0. The van der Waals surface area contributed by atoms with E-state index >= 15 is 0 Å². The van der Waals surface area contributed by atoms with E-state index in [-0.39, 0.29) is 12.5 Å². The molecular weight excluding hydrogens is 446 g/mol. The number of amides is 1. The highest BCUT2D eigenvalue weighted by atomic mass is 32.2. The summed E-state index contributed by atoms with van der Waals surface area (Å²) in [7, 11) is -3.49. The minimum absolute atomic E-state index is 0.174. The van der Waals surface area contributed by atoms with Crippen molar-refractivity contribution in [1.29, 1.82) is 0 Å². The van der Waals surface area contributed by atoms with Crippen molar-refractivity contribution in [3.8, 4) is 0 Å². The van der Waals surface area contributed by atoms with Gasteiger partial charge in [-0.2, -0.15) is 5.10 Å². The summed E-state index contributed by atoms with van der Waals surface area (Å²) in [5, 5.41) is 4.10. The molecule has 34 heavy (non-hydrogen) atoms. The van der Waals surface area contributed by atoms with Crippen LogP contribution in [0.3, 0.4) is 0 Å². The number of carbonyl (C=O) groups excluding carboxylic acids is 1. The van der Waals surface area contributed by atoms with Crippen LogP contribution in [-0.4, -0.2) is 26.8 Å². The Morgan fingerprint density at radius 1 is 0.882 bits per heavy atom. The average Bonchev–Trinajstić information content (AvgIpc) is 2.79. The van der Waals surface area contributed by atoms with Gasteiger partial charge in [-0.3, -0.25) is 9.10 Å². The predicted molar refractivity (Wildman–Crippen MR) is 139 cm³/mol. The number of hydrogen-bond acceptors (Lipinski definition) is 4. The molecule has 0 saturated heterocycles. The Morgan fingerprint density at radius 2 is 1.53 bits per heavy atom. The van der Waals surface area contributed by atoms with Crippen molar-refractivity contribution < 1.29 is 13.2 Å². The van der Waals surface area contributed by atoms with Gasteiger partial charge in [0.05, 0.1) is 24.7 Å². The summed E-state index contributed by atoms with van der Waals surface area (Å²) in [6, 6.07) is 16.4. The van der Waals surface area contributed by atoms with Crippen LogP contribution < -0.4 is 9.73 Å². The minimum atomic E-state index is -3.49. The molecule has 0 aliphatic heterocycles. The number of hydrogen-bond donors (Lipinski definition) is 1. The third-order valence-corrected chi connectivity index (χ3v) is 7.33. The Hall–Kier alpha value is -3.45. The van der Waals surface area contributed by atoms with Gasteiger partial charge in [-0.1, -0.05) is 30.3 Å². The molecule has 0 atom stereocenters. The maximum Gasteiger partial charge on any atom is 0.271 e. The lowest BCUT2D eigenvalue weighted by Crippen LogP contribution is -2.29. The molecule has 3 rings (SSSR count). The molecule has 1 N–H and O–H groups in total. The van der Waals surface area contributed by atoms with E-state index in [9.17, 15) is 13.2 Å². The molecule has 0 unspecified atom stereocenters. The number of hydrazone groups is 1. The van der Waals surface area contributed by atoms with Crippen molar-refractivity contribution in [1.82, 2.24) is 5.43 Å². The average molecular weight is 478 g/mol. The summed E-state index contributed by atoms with van der Waals surface area (Å²) in [6.07, 6.45) is 2.83. The summed E-state index contributed by atoms with van der Waals surface area (Å²) >= 11 is 0. The molecule has 0 heterocycles. The van der Waals surface area contributed by atoms with E-state index in [0.717, 1.165) is 27.8 Å². The third kappa shape index (κ3) is 5.91. The zero-order valence-corrected chi connectivity index (χ0v) is 21.3. The Balaban J connectivity index is 1.71. The quantitative estimate of drug-likeness (QED) is 0.386. The first-order valence-corrected chi connectivity index (χ1v) is 12.9. The lowest BCUT2D eigenvalue weighted by Gasteiger charge is -2.23. The van der Waals surface area contributed by atoms with Gasteiger partial charge in [0.25, 0.3) is 5.91 Å². The van der Waals surface area contributed by atoms with Gasteiger partial charge in [0.2, 0.25) is 10.0 Å². The van der Waals surface area contributed by atoms with Gasteiger partial charge in [0, 0.05) is 5.56 Å². The minimum Gasteiger partial charge on any atom is -0.267 e. The van der Waals surface area contributed by atoms with Crippen LogP contribution in [-0.2, 0) is 16.6 Å². The SMILES string of the molecule is Cc1ccc(N(Cc2ccc(C(=O)N/N=C\c3ccc(C)c(C)c3C)cc2)S(C)(=O)=O)cc1C. The van der Waals surface area contributed by atoms with Gasteiger partial charge < -0.3 is 0 Å². The zero-order chi connectivity index (χ0) is 25.0. The van der Waals surface area contributed by atoms with E-state index in [1.165, 1.54) is 21.7 Å². The van der Waals surface area contributed by atoms with Crippen LogP contribution in [0.15, 0.2) is 59.7 Å². The molecule has 0 saturated carbocycles. The Bertz CT molecular complexity index is 1340. The molecule has 7 heteroatoms. The fourth-order valence-electron chi connectivity index (χ4n) is 3.55.